The molecule has 0 unspecified atom stereocenters. The highest BCUT2D eigenvalue weighted by Gasteiger charge is 1.90. The molecule has 0 fully saturated rings. The number of allylic oxidation sites excluding steroid dienone is 2. The summed E-state index contributed by atoms with van der Waals surface area (Å²) < 4.78 is 0. The second-order valence-electron chi connectivity index (χ2n) is 2.12. The van der Waals surface area contributed by atoms with Crippen molar-refractivity contribution in [1.29, 1.82) is 0 Å². The second-order valence-corrected chi connectivity index (χ2v) is 2.52. The molecule has 11 heavy (non-hydrogen) atoms. The highest BCUT2D eigenvalue weighted by atomic mass is 35.5. The van der Waals surface area contributed by atoms with Crippen LogP contribution in [0.15, 0.2) is 43.0 Å². The lowest BCUT2D eigenvalue weighted by molar-refractivity contribution is 1.66. The van der Waals surface area contributed by atoms with Crippen molar-refractivity contribution < 1.29 is 0 Å². The van der Waals surface area contributed by atoms with Crippen molar-refractivity contribution >= 4 is 17.7 Å². The van der Waals surface area contributed by atoms with E-state index in [9.17, 15) is 0 Å². The van der Waals surface area contributed by atoms with Crippen molar-refractivity contribution in [3.63, 3.8) is 0 Å². The largest absolute Gasteiger partial charge is 0.0991 e. The van der Waals surface area contributed by atoms with E-state index in [-0.39, 0.29) is 0 Å². The Morgan fingerprint density at radius 2 is 2.00 bits per heavy atom. The summed E-state index contributed by atoms with van der Waals surface area (Å²) in [5, 5.41) is 0.769. The number of hydrogen-bond acceptors (Lipinski definition) is 0. The zero-order chi connectivity index (χ0) is 8.10. The van der Waals surface area contributed by atoms with E-state index in [0.717, 1.165) is 10.6 Å². The molecule has 0 nitrogen and oxygen atoms in total. The molecule has 0 aliphatic carbocycles. The summed E-state index contributed by atoms with van der Waals surface area (Å²) in [6.07, 6.45) is 5.51. The van der Waals surface area contributed by atoms with Crippen molar-refractivity contribution in [3.05, 3.63) is 53.6 Å². The van der Waals surface area contributed by atoms with Gasteiger partial charge in [0, 0.05) is 5.02 Å². The fourth-order valence-corrected chi connectivity index (χ4v) is 0.981. The molecule has 0 heterocycles. The molecule has 1 aromatic carbocycles. The second kappa shape index (κ2) is 3.99. The lowest BCUT2D eigenvalue weighted by Gasteiger charge is -1.94. The third kappa shape index (κ3) is 2.24. The molecule has 0 saturated carbocycles. The van der Waals surface area contributed by atoms with Crippen LogP contribution in [0.3, 0.4) is 0 Å². The first-order valence-electron chi connectivity index (χ1n) is 3.38. The summed E-state index contributed by atoms with van der Waals surface area (Å²) in [7, 11) is 0. The van der Waals surface area contributed by atoms with Gasteiger partial charge in [-0.15, -0.1) is 0 Å². The van der Waals surface area contributed by atoms with Crippen LogP contribution in [0.5, 0.6) is 0 Å². The maximum atomic E-state index is 5.87. The van der Waals surface area contributed by atoms with Gasteiger partial charge in [-0.3, -0.25) is 0 Å². The minimum Gasteiger partial charge on any atom is -0.0991 e. The Bertz CT molecular complexity index is 274. The summed E-state index contributed by atoms with van der Waals surface area (Å²) in [5.74, 6) is 0. The van der Waals surface area contributed by atoms with E-state index >= 15 is 0 Å². The summed E-state index contributed by atoms with van der Waals surface area (Å²) in [6.45, 7) is 3.58. The van der Waals surface area contributed by atoms with Gasteiger partial charge in [0.25, 0.3) is 0 Å². The first-order valence-corrected chi connectivity index (χ1v) is 3.76. The van der Waals surface area contributed by atoms with Gasteiger partial charge >= 0.3 is 0 Å². The summed E-state index contributed by atoms with van der Waals surface area (Å²) in [4.78, 5) is 0. The molecular formula is C10H9Cl. The van der Waals surface area contributed by atoms with Crippen LogP contribution in [0.1, 0.15) is 5.56 Å². The zero-order valence-corrected chi connectivity index (χ0v) is 6.88. The molecule has 0 N–H and O–H groups in total. The number of rotatable bonds is 2. The van der Waals surface area contributed by atoms with E-state index in [1.165, 1.54) is 0 Å². The fraction of sp³-hybridized carbons (Fsp3) is 0. The molecule has 0 amide bonds. The quantitative estimate of drug-likeness (QED) is 0.587. The summed E-state index contributed by atoms with van der Waals surface area (Å²) in [6, 6.07) is 7.69. The topological polar surface area (TPSA) is 0 Å². The van der Waals surface area contributed by atoms with Gasteiger partial charge in [0.1, 0.15) is 0 Å². The van der Waals surface area contributed by atoms with Crippen LogP contribution in [0.2, 0.25) is 5.02 Å². The lowest BCUT2D eigenvalue weighted by atomic mass is 10.2. The van der Waals surface area contributed by atoms with Crippen LogP contribution in [0.4, 0.5) is 0 Å². The average Bonchev–Trinajstić information content (AvgIpc) is 2.03. The Balaban J connectivity index is 2.94. The Hall–Kier alpha value is -1.01. The molecular weight excluding hydrogens is 156 g/mol. The molecule has 56 valence electrons. The maximum Gasteiger partial charge on any atom is 0.0478 e. The first-order chi connectivity index (χ1) is 5.34. The first kappa shape index (κ1) is 8.09. The molecule has 0 aliphatic rings. The monoisotopic (exact) mass is 164 g/mol. The van der Waals surface area contributed by atoms with E-state index in [4.69, 9.17) is 11.6 Å². The minimum absolute atomic E-state index is 0.769. The van der Waals surface area contributed by atoms with E-state index in [1.807, 2.05) is 36.4 Å². The number of hydrogen-bond donors (Lipinski definition) is 0. The van der Waals surface area contributed by atoms with E-state index < -0.39 is 0 Å². The molecule has 1 aromatic rings. The highest BCUT2D eigenvalue weighted by Crippen LogP contribution is 2.15. The Labute approximate surface area is 71.8 Å². The SMILES string of the molecule is C=C/C=C/c1ccccc1Cl. The van der Waals surface area contributed by atoms with Crippen LogP contribution in [-0.2, 0) is 0 Å². The van der Waals surface area contributed by atoms with Gasteiger partial charge < -0.3 is 0 Å². The molecule has 0 aromatic heterocycles. The molecule has 0 radical (unpaired) electrons. The van der Waals surface area contributed by atoms with Gasteiger partial charge in [-0.1, -0.05) is 54.6 Å². The molecule has 0 saturated heterocycles. The van der Waals surface area contributed by atoms with Gasteiger partial charge in [-0.25, -0.2) is 0 Å². The third-order valence-electron chi connectivity index (χ3n) is 1.32. The van der Waals surface area contributed by atoms with Crippen molar-refractivity contribution in [3.8, 4) is 0 Å². The van der Waals surface area contributed by atoms with Gasteiger partial charge in [0.15, 0.2) is 0 Å². The molecule has 0 atom stereocenters. The molecule has 0 spiro atoms. The zero-order valence-electron chi connectivity index (χ0n) is 6.13. The average molecular weight is 165 g/mol. The van der Waals surface area contributed by atoms with Crippen LogP contribution in [0.25, 0.3) is 6.08 Å². The maximum absolute atomic E-state index is 5.87. The van der Waals surface area contributed by atoms with E-state index in [1.54, 1.807) is 6.08 Å². The summed E-state index contributed by atoms with van der Waals surface area (Å²) in [5.41, 5.74) is 1.02. The van der Waals surface area contributed by atoms with Gasteiger partial charge in [-0.2, -0.15) is 0 Å². The predicted molar refractivity (Wildman–Crippen MR) is 50.7 cm³/mol. The van der Waals surface area contributed by atoms with E-state index in [0.29, 0.717) is 0 Å². The van der Waals surface area contributed by atoms with Gasteiger partial charge in [0.2, 0.25) is 0 Å². The van der Waals surface area contributed by atoms with Gasteiger partial charge in [-0.05, 0) is 11.6 Å². The van der Waals surface area contributed by atoms with Crippen LogP contribution in [0, 0.1) is 0 Å². The predicted octanol–water partition coefficient (Wildman–Crippen LogP) is 3.54. The van der Waals surface area contributed by atoms with Crippen molar-refractivity contribution in [2.75, 3.05) is 0 Å². The van der Waals surface area contributed by atoms with Crippen LogP contribution < -0.4 is 0 Å². The molecule has 1 rings (SSSR count). The van der Waals surface area contributed by atoms with Crippen molar-refractivity contribution in [2.24, 2.45) is 0 Å². The Morgan fingerprint density at radius 1 is 1.27 bits per heavy atom. The lowest BCUT2D eigenvalue weighted by Crippen LogP contribution is -1.71. The smallest absolute Gasteiger partial charge is 0.0478 e. The minimum atomic E-state index is 0.769. The molecule has 0 aliphatic heterocycles. The highest BCUT2D eigenvalue weighted by molar-refractivity contribution is 6.32. The van der Waals surface area contributed by atoms with Crippen molar-refractivity contribution in [2.45, 2.75) is 0 Å². The molecule has 1 heteroatoms. The third-order valence-corrected chi connectivity index (χ3v) is 1.66. The fourth-order valence-electron chi connectivity index (χ4n) is 0.782. The van der Waals surface area contributed by atoms with Crippen molar-refractivity contribution in [1.82, 2.24) is 0 Å². The standard InChI is InChI=1S/C10H9Cl/c1-2-3-6-9-7-4-5-8-10(9)11/h2-8H,1H2/b6-3+. The van der Waals surface area contributed by atoms with Crippen LogP contribution in [-0.4, -0.2) is 0 Å². The molecule has 0 bridgehead atoms. The van der Waals surface area contributed by atoms with Gasteiger partial charge in [0.05, 0.1) is 0 Å². The van der Waals surface area contributed by atoms with E-state index in [2.05, 4.69) is 6.58 Å². The Kier molecular flexibility index (Phi) is 2.94. The van der Waals surface area contributed by atoms with Crippen LogP contribution >= 0.6 is 11.6 Å². The Morgan fingerprint density at radius 3 is 2.64 bits per heavy atom. The number of halogens is 1. The number of benzene rings is 1. The summed E-state index contributed by atoms with van der Waals surface area (Å²) >= 11 is 5.87. The normalized spacial score (nSPS) is 10.3.